The van der Waals surface area contributed by atoms with Gasteiger partial charge in [-0.3, -0.25) is 14.6 Å². The summed E-state index contributed by atoms with van der Waals surface area (Å²) >= 11 is 0. The zero-order chi connectivity index (χ0) is 24.1. The predicted molar refractivity (Wildman–Crippen MR) is 124 cm³/mol. The second-order valence-electron chi connectivity index (χ2n) is 7.10. The molecule has 1 atom stereocenters. The van der Waals surface area contributed by atoms with Crippen molar-refractivity contribution in [2.24, 2.45) is 0 Å². The van der Waals surface area contributed by atoms with Gasteiger partial charge in [0.1, 0.15) is 6.04 Å². The second-order valence-corrected chi connectivity index (χ2v) is 8.79. The number of nitrogens with one attached hydrogen (secondary N) is 2. The first-order valence-corrected chi connectivity index (χ1v) is 11.5. The summed E-state index contributed by atoms with van der Waals surface area (Å²) in [6.45, 7) is 1.54. The number of pyridine rings is 1. The lowest BCUT2D eigenvalue weighted by Crippen LogP contribution is -2.33. The molecular formula is C22H19N7O4S. The highest BCUT2D eigenvalue weighted by atomic mass is 32.2. The van der Waals surface area contributed by atoms with Gasteiger partial charge in [-0.1, -0.05) is 0 Å². The van der Waals surface area contributed by atoms with Gasteiger partial charge in [-0.25, -0.2) is 27.8 Å². The molecule has 0 spiro atoms. The van der Waals surface area contributed by atoms with Gasteiger partial charge in [-0.2, -0.15) is 5.10 Å². The summed E-state index contributed by atoms with van der Waals surface area (Å²) < 4.78 is 28.3. The number of sulfonamides is 1. The van der Waals surface area contributed by atoms with Crippen molar-refractivity contribution in [1.82, 2.24) is 24.7 Å². The highest BCUT2D eigenvalue weighted by Crippen LogP contribution is 2.18. The van der Waals surface area contributed by atoms with Gasteiger partial charge >= 0.3 is 0 Å². The van der Waals surface area contributed by atoms with Gasteiger partial charge in [0.15, 0.2) is 0 Å². The Morgan fingerprint density at radius 2 is 1.62 bits per heavy atom. The van der Waals surface area contributed by atoms with E-state index in [-0.39, 0.29) is 10.8 Å². The van der Waals surface area contributed by atoms with Crippen LogP contribution in [0.2, 0.25) is 0 Å². The Kier molecular flexibility index (Phi) is 6.41. The fraction of sp³-hybridized carbons (Fsp3) is 0.0909. The van der Waals surface area contributed by atoms with E-state index >= 15 is 0 Å². The minimum Gasteiger partial charge on any atom is -0.324 e. The molecule has 12 heteroatoms. The molecule has 3 aromatic heterocycles. The number of nitrogens with zero attached hydrogens (tertiary/aromatic N) is 5. The van der Waals surface area contributed by atoms with Gasteiger partial charge in [0.05, 0.1) is 10.6 Å². The molecule has 0 saturated carbocycles. The number of anilines is 2. The number of aromatic nitrogens is 5. The lowest BCUT2D eigenvalue weighted by Gasteiger charge is -2.15. The lowest BCUT2D eigenvalue weighted by atomic mass is 10.2. The number of carbonyl (C=O) groups excluding carboxylic acids is 1. The second kappa shape index (κ2) is 9.58. The number of carbonyl (C=O) groups is 1. The van der Waals surface area contributed by atoms with Crippen LogP contribution in [-0.4, -0.2) is 39.1 Å². The Hall–Kier alpha value is -4.45. The van der Waals surface area contributed by atoms with Crippen LogP contribution in [0.15, 0.2) is 89.1 Å². The molecule has 172 valence electrons. The number of rotatable bonds is 7. The molecule has 0 aliphatic heterocycles. The van der Waals surface area contributed by atoms with E-state index in [4.69, 9.17) is 0 Å². The van der Waals surface area contributed by atoms with Crippen molar-refractivity contribution >= 4 is 27.6 Å². The maximum atomic E-state index is 12.8. The fourth-order valence-corrected chi connectivity index (χ4v) is 3.94. The zero-order valence-corrected chi connectivity index (χ0v) is 18.7. The van der Waals surface area contributed by atoms with E-state index in [1.54, 1.807) is 43.6 Å². The van der Waals surface area contributed by atoms with Crippen LogP contribution in [0.1, 0.15) is 13.0 Å². The quantitative estimate of drug-likeness (QED) is 0.411. The van der Waals surface area contributed by atoms with Crippen molar-refractivity contribution in [1.29, 1.82) is 0 Å². The van der Waals surface area contributed by atoms with E-state index in [9.17, 15) is 18.0 Å². The number of hydrogen-bond donors (Lipinski definition) is 2. The van der Waals surface area contributed by atoms with Gasteiger partial charge in [-0.15, -0.1) is 0 Å². The molecule has 0 saturated heterocycles. The molecule has 1 unspecified atom stereocenters. The number of amides is 1. The maximum absolute atomic E-state index is 12.8. The van der Waals surface area contributed by atoms with E-state index in [0.717, 1.165) is 10.2 Å². The van der Waals surface area contributed by atoms with Gasteiger partial charge in [0, 0.05) is 42.1 Å². The van der Waals surface area contributed by atoms with Gasteiger partial charge in [-0.05, 0) is 55.5 Å². The summed E-state index contributed by atoms with van der Waals surface area (Å²) in [7, 11) is -3.90. The Morgan fingerprint density at radius 1 is 0.941 bits per heavy atom. The molecule has 0 radical (unpaired) electrons. The Morgan fingerprint density at radius 3 is 2.29 bits per heavy atom. The first kappa shape index (κ1) is 22.7. The van der Waals surface area contributed by atoms with E-state index in [0.29, 0.717) is 11.4 Å². The molecular weight excluding hydrogens is 458 g/mol. The van der Waals surface area contributed by atoms with Crippen molar-refractivity contribution in [2.75, 3.05) is 10.0 Å². The van der Waals surface area contributed by atoms with Gasteiger partial charge in [0.2, 0.25) is 11.9 Å². The maximum Gasteiger partial charge on any atom is 0.267 e. The third kappa shape index (κ3) is 5.13. The number of benzene rings is 1. The van der Waals surface area contributed by atoms with Crippen LogP contribution in [0.4, 0.5) is 11.6 Å². The Balaban J connectivity index is 1.48. The lowest BCUT2D eigenvalue weighted by molar-refractivity contribution is -0.119. The van der Waals surface area contributed by atoms with E-state index in [1.165, 1.54) is 42.7 Å². The van der Waals surface area contributed by atoms with Gasteiger partial charge in [0.25, 0.3) is 15.6 Å². The van der Waals surface area contributed by atoms with Crippen LogP contribution in [-0.2, 0) is 14.8 Å². The normalized spacial score (nSPS) is 12.0. The first-order chi connectivity index (χ1) is 16.3. The summed E-state index contributed by atoms with van der Waals surface area (Å²) in [5, 5.41) is 6.97. The van der Waals surface area contributed by atoms with Crippen molar-refractivity contribution < 1.29 is 13.2 Å². The minimum absolute atomic E-state index is 0.0334. The topological polar surface area (TPSA) is 149 Å². The monoisotopic (exact) mass is 477 g/mol. The molecule has 34 heavy (non-hydrogen) atoms. The molecule has 3 heterocycles. The summed E-state index contributed by atoms with van der Waals surface area (Å²) in [6.07, 6.45) is 6.04. The van der Waals surface area contributed by atoms with Crippen molar-refractivity contribution in [3.05, 3.63) is 89.7 Å². The Bertz CT molecular complexity index is 1460. The minimum atomic E-state index is -3.90. The fourth-order valence-electron chi connectivity index (χ4n) is 2.99. The summed E-state index contributed by atoms with van der Waals surface area (Å²) in [6, 6.07) is 12.6. The average molecular weight is 478 g/mol. The van der Waals surface area contributed by atoms with Gasteiger partial charge < -0.3 is 5.32 Å². The summed E-state index contributed by atoms with van der Waals surface area (Å²) in [4.78, 5) is 36.7. The van der Waals surface area contributed by atoms with Crippen LogP contribution >= 0.6 is 0 Å². The van der Waals surface area contributed by atoms with Crippen molar-refractivity contribution in [2.45, 2.75) is 17.9 Å². The SMILES string of the molecule is CC(C(=O)Nc1ccc(S(=O)(=O)Nc2ncccn2)cc1)n1nc(-c2ccncc2)ccc1=O. The van der Waals surface area contributed by atoms with Crippen LogP contribution in [0.5, 0.6) is 0 Å². The predicted octanol–water partition coefficient (Wildman–Crippen LogP) is 2.10. The first-order valence-electron chi connectivity index (χ1n) is 10.0. The largest absolute Gasteiger partial charge is 0.324 e. The van der Waals surface area contributed by atoms with E-state index in [2.05, 4.69) is 30.1 Å². The molecule has 2 N–H and O–H groups in total. The van der Waals surface area contributed by atoms with Crippen LogP contribution < -0.4 is 15.6 Å². The standard InChI is InChI=1S/C22H19N7O4S/c1-15(29-20(30)8-7-19(27-29)16-9-13-23-14-10-16)21(31)26-17-3-5-18(6-4-17)34(32,33)28-22-24-11-2-12-25-22/h2-15H,1H3,(H,26,31)(H,24,25,28). The summed E-state index contributed by atoms with van der Waals surface area (Å²) in [5.74, 6) is -0.548. The molecule has 4 rings (SSSR count). The molecule has 0 fully saturated rings. The molecule has 1 aromatic carbocycles. The molecule has 4 aromatic rings. The van der Waals surface area contributed by atoms with Crippen molar-refractivity contribution in [3.63, 3.8) is 0 Å². The average Bonchev–Trinajstić information content (AvgIpc) is 2.85. The highest BCUT2D eigenvalue weighted by Gasteiger charge is 2.19. The number of hydrogen-bond acceptors (Lipinski definition) is 8. The smallest absolute Gasteiger partial charge is 0.267 e. The van der Waals surface area contributed by atoms with Crippen molar-refractivity contribution in [3.8, 4) is 11.3 Å². The van der Waals surface area contributed by atoms with Crippen LogP contribution in [0, 0.1) is 0 Å². The third-order valence-electron chi connectivity index (χ3n) is 4.77. The molecule has 0 aliphatic carbocycles. The highest BCUT2D eigenvalue weighted by molar-refractivity contribution is 7.92. The van der Waals surface area contributed by atoms with Crippen LogP contribution in [0.25, 0.3) is 11.3 Å². The Labute approximate surface area is 194 Å². The zero-order valence-electron chi connectivity index (χ0n) is 17.9. The van der Waals surface area contributed by atoms with Crippen LogP contribution in [0.3, 0.4) is 0 Å². The molecule has 1 amide bonds. The molecule has 0 bridgehead atoms. The molecule has 0 aliphatic rings. The molecule has 11 nitrogen and oxygen atoms in total. The van der Waals surface area contributed by atoms with E-state index < -0.39 is 27.5 Å². The van der Waals surface area contributed by atoms with E-state index in [1.807, 2.05) is 0 Å². The third-order valence-corrected chi connectivity index (χ3v) is 6.12. The summed E-state index contributed by atoms with van der Waals surface area (Å²) in [5.41, 5.74) is 1.19.